The molecule has 1 aromatic carbocycles. The average Bonchev–Trinajstić information content (AvgIpc) is 2.57. The maximum atomic E-state index is 13.6. The molecule has 0 radical (unpaired) electrons. The van der Waals surface area contributed by atoms with Gasteiger partial charge in [0.05, 0.1) is 0 Å². The van der Waals surface area contributed by atoms with Crippen molar-refractivity contribution in [3.63, 3.8) is 0 Å². The molecule has 1 heterocycles. The molecule has 2 unspecified atom stereocenters. The number of hydrogen-bond acceptors (Lipinski definition) is 2. The van der Waals surface area contributed by atoms with Gasteiger partial charge in [0.1, 0.15) is 5.82 Å². The maximum Gasteiger partial charge on any atom is 0.221 e. The second-order valence-electron chi connectivity index (χ2n) is 5.29. The Bertz CT molecular complexity index is 461. The van der Waals surface area contributed by atoms with E-state index in [0.29, 0.717) is 12.0 Å². The number of carbonyl (C=O) groups is 1. The molecular formula is C15H21FN2O. The number of hydrogen-bond donors (Lipinski definition) is 2. The normalized spacial score (nSPS) is 21.6. The summed E-state index contributed by atoms with van der Waals surface area (Å²) in [4.78, 5) is 11.5. The van der Waals surface area contributed by atoms with Gasteiger partial charge in [-0.1, -0.05) is 12.1 Å². The molecule has 2 rings (SSSR count). The molecule has 1 aliphatic heterocycles. The van der Waals surface area contributed by atoms with Crippen LogP contribution in [0.1, 0.15) is 43.4 Å². The SMILES string of the molecule is Cc1ccc(C(C)NC2CCCNC(=O)C2)cc1F. The minimum Gasteiger partial charge on any atom is -0.356 e. The summed E-state index contributed by atoms with van der Waals surface area (Å²) in [6.07, 6.45) is 2.45. The van der Waals surface area contributed by atoms with Crippen molar-refractivity contribution in [2.24, 2.45) is 0 Å². The van der Waals surface area contributed by atoms with Gasteiger partial charge in [0.2, 0.25) is 5.91 Å². The van der Waals surface area contributed by atoms with Crippen LogP contribution in [-0.4, -0.2) is 18.5 Å². The highest BCUT2D eigenvalue weighted by Crippen LogP contribution is 2.18. The number of halogens is 1. The molecule has 0 spiro atoms. The molecule has 104 valence electrons. The number of benzene rings is 1. The van der Waals surface area contributed by atoms with E-state index in [2.05, 4.69) is 10.6 Å². The first-order chi connectivity index (χ1) is 9.06. The molecule has 1 saturated heterocycles. The van der Waals surface area contributed by atoms with Gasteiger partial charge in [0.15, 0.2) is 0 Å². The van der Waals surface area contributed by atoms with Crippen LogP contribution >= 0.6 is 0 Å². The predicted molar refractivity (Wildman–Crippen MR) is 73.3 cm³/mol. The summed E-state index contributed by atoms with van der Waals surface area (Å²) in [6.45, 7) is 4.52. The first kappa shape index (κ1) is 14.0. The highest BCUT2D eigenvalue weighted by atomic mass is 19.1. The summed E-state index contributed by atoms with van der Waals surface area (Å²) in [5, 5.41) is 6.29. The van der Waals surface area contributed by atoms with E-state index < -0.39 is 0 Å². The van der Waals surface area contributed by atoms with Crippen molar-refractivity contribution in [1.82, 2.24) is 10.6 Å². The number of aryl methyl sites for hydroxylation is 1. The van der Waals surface area contributed by atoms with Gasteiger partial charge in [0, 0.05) is 25.0 Å². The Labute approximate surface area is 113 Å². The number of amides is 1. The van der Waals surface area contributed by atoms with E-state index in [9.17, 15) is 9.18 Å². The van der Waals surface area contributed by atoms with E-state index in [0.717, 1.165) is 24.9 Å². The predicted octanol–water partition coefficient (Wildman–Crippen LogP) is 2.45. The van der Waals surface area contributed by atoms with Gasteiger partial charge in [-0.05, 0) is 43.9 Å². The molecular weight excluding hydrogens is 243 g/mol. The summed E-state index contributed by atoms with van der Waals surface area (Å²) >= 11 is 0. The molecule has 1 aliphatic rings. The van der Waals surface area contributed by atoms with Crippen molar-refractivity contribution in [2.75, 3.05) is 6.54 Å². The molecule has 1 aromatic rings. The zero-order valence-corrected chi connectivity index (χ0v) is 11.5. The lowest BCUT2D eigenvalue weighted by molar-refractivity contribution is -0.121. The van der Waals surface area contributed by atoms with Gasteiger partial charge in [0.25, 0.3) is 0 Å². The number of nitrogens with one attached hydrogen (secondary N) is 2. The van der Waals surface area contributed by atoms with Crippen LogP contribution in [0.3, 0.4) is 0 Å². The lowest BCUT2D eigenvalue weighted by Gasteiger charge is -2.21. The van der Waals surface area contributed by atoms with E-state index in [4.69, 9.17) is 0 Å². The lowest BCUT2D eigenvalue weighted by Crippen LogP contribution is -2.34. The Hall–Kier alpha value is -1.42. The third-order valence-electron chi connectivity index (χ3n) is 3.66. The third-order valence-corrected chi connectivity index (χ3v) is 3.66. The smallest absolute Gasteiger partial charge is 0.221 e. The van der Waals surface area contributed by atoms with Crippen molar-refractivity contribution in [2.45, 2.75) is 45.2 Å². The molecule has 0 bridgehead atoms. The minimum atomic E-state index is -0.176. The van der Waals surface area contributed by atoms with Crippen LogP contribution in [0, 0.1) is 12.7 Å². The second kappa shape index (κ2) is 6.15. The van der Waals surface area contributed by atoms with Gasteiger partial charge < -0.3 is 10.6 Å². The maximum absolute atomic E-state index is 13.6. The molecule has 2 atom stereocenters. The zero-order valence-electron chi connectivity index (χ0n) is 11.5. The molecule has 0 aliphatic carbocycles. The van der Waals surface area contributed by atoms with Crippen LogP contribution in [0.15, 0.2) is 18.2 Å². The molecule has 19 heavy (non-hydrogen) atoms. The highest BCUT2D eigenvalue weighted by molar-refractivity contribution is 5.76. The van der Waals surface area contributed by atoms with Crippen LogP contribution < -0.4 is 10.6 Å². The summed E-state index contributed by atoms with van der Waals surface area (Å²) in [5.41, 5.74) is 1.58. The van der Waals surface area contributed by atoms with Gasteiger partial charge in [-0.25, -0.2) is 4.39 Å². The average molecular weight is 264 g/mol. The second-order valence-corrected chi connectivity index (χ2v) is 5.29. The quantitative estimate of drug-likeness (QED) is 0.880. The molecule has 0 saturated carbocycles. The van der Waals surface area contributed by atoms with Gasteiger partial charge in [-0.2, -0.15) is 0 Å². The van der Waals surface area contributed by atoms with Crippen LogP contribution in [0.5, 0.6) is 0 Å². The molecule has 3 nitrogen and oxygen atoms in total. The fraction of sp³-hybridized carbons (Fsp3) is 0.533. The Morgan fingerprint density at radius 3 is 3.00 bits per heavy atom. The standard InChI is InChI=1S/C15H21FN2O/c1-10-5-6-12(8-14(10)16)11(2)18-13-4-3-7-17-15(19)9-13/h5-6,8,11,13,18H,3-4,7,9H2,1-2H3,(H,17,19). The van der Waals surface area contributed by atoms with Gasteiger partial charge in [-0.15, -0.1) is 0 Å². The van der Waals surface area contributed by atoms with Crippen molar-refractivity contribution in [3.8, 4) is 0 Å². The molecule has 1 amide bonds. The Morgan fingerprint density at radius 2 is 2.26 bits per heavy atom. The monoisotopic (exact) mass is 264 g/mol. The first-order valence-corrected chi connectivity index (χ1v) is 6.85. The zero-order chi connectivity index (χ0) is 13.8. The fourth-order valence-corrected chi connectivity index (χ4v) is 2.44. The summed E-state index contributed by atoms with van der Waals surface area (Å²) in [7, 11) is 0. The summed E-state index contributed by atoms with van der Waals surface area (Å²) in [5.74, 6) is -0.0814. The molecule has 2 N–H and O–H groups in total. The third kappa shape index (κ3) is 3.77. The first-order valence-electron chi connectivity index (χ1n) is 6.85. The Morgan fingerprint density at radius 1 is 1.47 bits per heavy atom. The van der Waals surface area contributed by atoms with E-state index in [-0.39, 0.29) is 23.8 Å². The topological polar surface area (TPSA) is 41.1 Å². The Balaban J connectivity index is 2.01. The molecule has 0 aromatic heterocycles. The van der Waals surface area contributed by atoms with Gasteiger partial charge >= 0.3 is 0 Å². The highest BCUT2D eigenvalue weighted by Gasteiger charge is 2.19. The van der Waals surface area contributed by atoms with Crippen molar-refractivity contribution >= 4 is 5.91 Å². The van der Waals surface area contributed by atoms with E-state index in [1.807, 2.05) is 13.0 Å². The lowest BCUT2D eigenvalue weighted by atomic mass is 10.0. The molecule has 4 heteroatoms. The number of carbonyl (C=O) groups excluding carboxylic acids is 1. The summed E-state index contributed by atoms with van der Waals surface area (Å²) in [6, 6.07) is 5.52. The molecule has 1 fully saturated rings. The van der Waals surface area contributed by atoms with E-state index >= 15 is 0 Å². The Kier molecular flexibility index (Phi) is 4.53. The van der Waals surface area contributed by atoms with Gasteiger partial charge in [-0.3, -0.25) is 4.79 Å². The largest absolute Gasteiger partial charge is 0.356 e. The van der Waals surface area contributed by atoms with Crippen LogP contribution in [0.25, 0.3) is 0 Å². The van der Waals surface area contributed by atoms with Crippen molar-refractivity contribution in [1.29, 1.82) is 0 Å². The van der Waals surface area contributed by atoms with E-state index in [1.54, 1.807) is 19.1 Å². The van der Waals surface area contributed by atoms with Crippen LogP contribution in [0.2, 0.25) is 0 Å². The van der Waals surface area contributed by atoms with E-state index in [1.165, 1.54) is 0 Å². The van der Waals surface area contributed by atoms with Crippen LogP contribution in [0.4, 0.5) is 4.39 Å². The minimum absolute atomic E-state index is 0.0472. The van der Waals surface area contributed by atoms with Crippen LogP contribution in [-0.2, 0) is 4.79 Å². The fourth-order valence-electron chi connectivity index (χ4n) is 2.44. The summed E-state index contributed by atoms with van der Waals surface area (Å²) < 4.78 is 13.6. The number of rotatable bonds is 3. The van der Waals surface area contributed by atoms with Crippen molar-refractivity contribution < 1.29 is 9.18 Å². The van der Waals surface area contributed by atoms with Crippen molar-refractivity contribution in [3.05, 3.63) is 35.1 Å².